The Hall–Kier alpha value is -3.67. The van der Waals surface area contributed by atoms with Crippen LogP contribution >= 0.6 is 0 Å². The van der Waals surface area contributed by atoms with Crippen molar-refractivity contribution in [3.05, 3.63) is 78.4 Å². The number of aromatic nitrogens is 3. The number of ether oxygens (including phenoxy) is 1. The summed E-state index contributed by atoms with van der Waals surface area (Å²) in [6, 6.07) is 17.2. The third-order valence-corrected chi connectivity index (χ3v) is 5.07. The minimum atomic E-state index is -1.32. The summed E-state index contributed by atoms with van der Waals surface area (Å²) in [6.07, 6.45) is 5.43. The fourth-order valence-corrected chi connectivity index (χ4v) is 3.59. The number of hydrogen-bond donors (Lipinski definition) is 1. The second-order valence-corrected chi connectivity index (χ2v) is 7.14. The summed E-state index contributed by atoms with van der Waals surface area (Å²) in [5.74, 6) is 1.40. The molecule has 0 radical (unpaired) electrons. The second kappa shape index (κ2) is 8.78. The van der Waals surface area contributed by atoms with Gasteiger partial charge < -0.3 is 14.4 Å². The van der Waals surface area contributed by atoms with E-state index in [0.717, 1.165) is 52.8 Å². The second-order valence-electron chi connectivity index (χ2n) is 7.14. The van der Waals surface area contributed by atoms with E-state index in [2.05, 4.69) is 28.6 Å². The van der Waals surface area contributed by atoms with E-state index in [-0.39, 0.29) is 0 Å². The number of para-hydroxylation sites is 1. The Morgan fingerprint density at radius 1 is 1.10 bits per heavy atom. The zero-order chi connectivity index (χ0) is 20.9. The van der Waals surface area contributed by atoms with Crippen molar-refractivity contribution >= 4 is 17.2 Å². The van der Waals surface area contributed by atoms with Crippen molar-refractivity contribution in [1.82, 2.24) is 14.5 Å². The first-order valence-electron chi connectivity index (χ1n) is 10.0. The van der Waals surface area contributed by atoms with E-state index in [4.69, 9.17) is 14.8 Å². The largest absolute Gasteiger partial charge is 0.511 e. The van der Waals surface area contributed by atoms with Crippen LogP contribution < -0.4 is 4.74 Å². The smallest absolute Gasteiger partial charge is 0.449 e. The number of imidazole rings is 1. The van der Waals surface area contributed by atoms with E-state index in [1.807, 2.05) is 36.5 Å². The molecule has 6 nitrogen and oxygen atoms in total. The van der Waals surface area contributed by atoms with Crippen molar-refractivity contribution in [2.45, 2.75) is 32.7 Å². The van der Waals surface area contributed by atoms with Crippen molar-refractivity contribution < 1.29 is 14.6 Å². The monoisotopic (exact) mass is 401 g/mol. The molecule has 152 valence electrons. The van der Waals surface area contributed by atoms with Crippen LogP contribution in [-0.2, 0) is 13.0 Å². The Morgan fingerprint density at radius 3 is 2.67 bits per heavy atom. The molecule has 0 bridgehead atoms. The molecule has 0 saturated carbocycles. The number of carboxylic acid groups (broad SMARTS) is 1. The highest BCUT2D eigenvalue weighted by molar-refractivity contribution is 5.75. The molecule has 4 rings (SSSR count). The Labute approximate surface area is 174 Å². The van der Waals surface area contributed by atoms with Gasteiger partial charge in [-0.1, -0.05) is 55.8 Å². The standard InChI is InChI=1S/C24H23N3O3/c1-2-3-8-23-26-20-15-25-14-13-21(20)27(23)16-17-9-11-18(12-10-17)19-6-4-5-7-22(19)30-24(28)29/h4-7,9-15H,2-3,8,16H2,1H3,(H,28,29). The highest BCUT2D eigenvalue weighted by Crippen LogP contribution is 2.30. The van der Waals surface area contributed by atoms with Crippen molar-refractivity contribution in [3.8, 4) is 16.9 Å². The highest BCUT2D eigenvalue weighted by Gasteiger charge is 2.12. The summed E-state index contributed by atoms with van der Waals surface area (Å²) in [4.78, 5) is 19.9. The number of hydrogen-bond acceptors (Lipinski definition) is 4. The molecule has 0 atom stereocenters. The molecule has 4 aromatic rings. The van der Waals surface area contributed by atoms with Gasteiger partial charge in [0.05, 0.1) is 11.7 Å². The topological polar surface area (TPSA) is 77.2 Å². The van der Waals surface area contributed by atoms with Gasteiger partial charge >= 0.3 is 6.16 Å². The van der Waals surface area contributed by atoms with Crippen LogP contribution in [0.2, 0.25) is 0 Å². The number of rotatable bonds is 7. The molecule has 0 saturated heterocycles. The molecule has 2 aromatic heterocycles. The average Bonchev–Trinajstić information content (AvgIpc) is 3.10. The van der Waals surface area contributed by atoms with Gasteiger partial charge in [0, 0.05) is 24.7 Å². The molecule has 0 unspecified atom stereocenters. The fourth-order valence-electron chi connectivity index (χ4n) is 3.59. The lowest BCUT2D eigenvalue weighted by molar-refractivity contribution is 0.144. The minimum absolute atomic E-state index is 0.327. The van der Waals surface area contributed by atoms with Crippen molar-refractivity contribution in [1.29, 1.82) is 0 Å². The average molecular weight is 401 g/mol. The number of fused-ring (bicyclic) bond motifs is 1. The Kier molecular flexibility index (Phi) is 5.75. The van der Waals surface area contributed by atoms with Gasteiger partial charge in [-0.3, -0.25) is 4.98 Å². The fraction of sp³-hybridized carbons (Fsp3) is 0.208. The predicted octanol–water partition coefficient (Wildman–Crippen LogP) is 5.55. The number of nitrogens with zero attached hydrogens (tertiary/aromatic N) is 3. The van der Waals surface area contributed by atoms with Crippen molar-refractivity contribution in [3.63, 3.8) is 0 Å². The molecule has 0 spiro atoms. The van der Waals surface area contributed by atoms with Crippen molar-refractivity contribution in [2.75, 3.05) is 0 Å². The van der Waals surface area contributed by atoms with Crippen molar-refractivity contribution in [2.24, 2.45) is 0 Å². The normalized spacial score (nSPS) is 11.0. The Bertz CT molecular complexity index is 1170. The lowest BCUT2D eigenvalue weighted by Crippen LogP contribution is -2.05. The Balaban J connectivity index is 1.63. The maximum absolute atomic E-state index is 11.0. The first-order valence-corrected chi connectivity index (χ1v) is 10.0. The van der Waals surface area contributed by atoms with E-state index in [9.17, 15) is 4.79 Å². The first-order chi connectivity index (χ1) is 14.7. The molecule has 0 aliphatic rings. The molecule has 0 fully saturated rings. The molecular formula is C24H23N3O3. The lowest BCUT2D eigenvalue weighted by atomic mass is 10.0. The van der Waals surface area contributed by atoms with Gasteiger partial charge in [0.15, 0.2) is 0 Å². The SMILES string of the molecule is CCCCc1nc2cnccc2n1Cc1ccc(-c2ccccc2OC(=O)O)cc1. The molecule has 1 N–H and O–H groups in total. The summed E-state index contributed by atoms with van der Waals surface area (Å²) in [7, 11) is 0. The molecule has 0 amide bonds. The van der Waals surface area contributed by atoms with E-state index >= 15 is 0 Å². The molecule has 30 heavy (non-hydrogen) atoms. The summed E-state index contributed by atoms with van der Waals surface area (Å²) in [5, 5.41) is 8.96. The maximum atomic E-state index is 11.0. The van der Waals surface area contributed by atoms with Gasteiger partial charge in [0.25, 0.3) is 0 Å². The van der Waals surface area contributed by atoms with E-state index in [1.54, 1.807) is 18.3 Å². The van der Waals surface area contributed by atoms with E-state index in [1.165, 1.54) is 0 Å². The van der Waals surface area contributed by atoms with Crippen LogP contribution in [0, 0.1) is 0 Å². The first kappa shape index (κ1) is 19.6. The van der Waals surface area contributed by atoms with Gasteiger partial charge in [0.2, 0.25) is 0 Å². The molecule has 2 aromatic carbocycles. The van der Waals surface area contributed by atoms with Gasteiger partial charge in [-0.25, -0.2) is 9.78 Å². The van der Waals surface area contributed by atoms with Gasteiger partial charge in [0.1, 0.15) is 17.1 Å². The summed E-state index contributed by atoms with van der Waals surface area (Å²) >= 11 is 0. The number of aryl methyl sites for hydroxylation is 1. The predicted molar refractivity (Wildman–Crippen MR) is 116 cm³/mol. The summed E-state index contributed by atoms with van der Waals surface area (Å²) in [5.41, 5.74) is 4.79. The van der Waals surface area contributed by atoms with Gasteiger partial charge in [-0.15, -0.1) is 0 Å². The minimum Gasteiger partial charge on any atom is -0.449 e. The van der Waals surface area contributed by atoms with Gasteiger partial charge in [-0.2, -0.15) is 0 Å². The van der Waals surface area contributed by atoms with Crippen LogP contribution in [0.1, 0.15) is 31.2 Å². The van der Waals surface area contributed by atoms with Crippen LogP contribution in [0.4, 0.5) is 4.79 Å². The lowest BCUT2D eigenvalue weighted by Gasteiger charge is -2.11. The summed E-state index contributed by atoms with van der Waals surface area (Å²) < 4.78 is 7.17. The molecule has 0 aliphatic carbocycles. The zero-order valence-corrected chi connectivity index (χ0v) is 16.8. The van der Waals surface area contributed by atoms with Crippen LogP contribution in [0.25, 0.3) is 22.2 Å². The quantitative estimate of drug-likeness (QED) is 0.325. The number of unbranched alkanes of at least 4 members (excludes halogenated alkanes) is 1. The van der Waals surface area contributed by atoms with Crippen LogP contribution in [0.15, 0.2) is 67.0 Å². The van der Waals surface area contributed by atoms with Gasteiger partial charge in [-0.05, 0) is 29.7 Å². The third kappa shape index (κ3) is 4.17. The van der Waals surface area contributed by atoms with Crippen LogP contribution in [0.5, 0.6) is 5.75 Å². The molecular weight excluding hydrogens is 378 g/mol. The summed E-state index contributed by atoms with van der Waals surface area (Å²) in [6.45, 7) is 2.90. The number of carbonyl (C=O) groups is 1. The molecule has 0 aliphatic heterocycles. The van der Waals surface area contributed by atoms with Crippen LogP contribution in [0.3, 0.4) is 0 Å². The Morgan fingerprint density at radius 2 is 1.90 bits per heavy atom. The van der Waals surface area contributed by atoms with E-state index in [0.29, 0.717) is 12.3 Å². The molecule has 2 heterocycles. The third-order valence-electron chi connectivity index (χ3n) is 5.07. The maximum Gasteiger partial charge on any atom is 0.511 e. The highest BCUT2D eigenvalue weighted by atomic mass is 16.7. The number of pyridine rings is 1. The zero-order valence-electron chi connectivity index (χ0n) is 16.8. The number of benzene rings is 2. The molecule has 6 heteroatoms. The van der Waals surface area contributed by atoms with Crippen LogP contribution in [-0.4, -0.2) is 25.8 Å². The van der Waals surface area contributed by atoms with E-state index < -0.39 is 6.16 Å².